The molecule has 0 saturated heterocycles. The summed E-state index contributed by atoms with van der Waals surface area (Å²) in [5.74, 6) is 0.689. The molecule has 0 saturated carbocycles. The van der Waals surface area contributed by atoms with E-state index in [0.29, 0.717) is 11.8 Å². The van der Waals surface area contributed by atoms with E-state index in [1.54, 1.807) is 12.3 Å². The number of benzene rings is 1. The Labute approximate surface area is 108 Å². The van der Waals surface area contributed by atoms with E-state index < -0.39 is 0 Å². The molecule has 2 rings (SSSR count). The summed E-state index contributed by atoms with van der Waals surface area (Å²) in [5.41, 5.74) is 1.84. The van der Waals surface area contributed by atoms with Crippen LogP contribution in [0.4, 0.5) is 0 Å². The van der Waals surface area contributed by atoms with Crippen molar-refractivity contribution in [3.63, 3.8) is 0 Å². The van der Waals surface area contributed by atoms with Gasteiger partial charge in [-0.1, -0.05) is 28.6 Å². The van der Waals surface area contributed by atoms with Gasteiger partial charge in [0.1, 0.15) is 5.75 Å². The number of hydrogen-bond donors (Lipinski definition) is 0. The molecule has 0 spiro atoms. The summed E-state index contributed by atoms with van der Waals surface area (Å²) in [6, 6.07) is 7.81. The Kier molecular flexibility index (Phi) is 3.54. The summed E-state index contributed by atoms with van der Waals surface area (Å²) in [6.45, 7) is 5.63. The normalized spacial score (nSPS) is 10.0. The smallest absolute Gasteiger partial charge is 0.322 e. The van der Waals surface area contributed by atoms with E-state index >= 15 is 0 Å². The number of rotatable bonds is 3. The lowest BCUT2D eigenvalue weighted by atomic mass is 10.2. The van der Waals surface area contributed by atoms with Gasteiger partial charge in [-0.25, -0.2) is 9.97 Å². The lowest BCUT2D eigenvalue weighted by molar-refractivity contribution is 0.440. The third kappa shape index (κ3) is 2.91. The molecule has 0 aliphatic heterocycles. The van der Waals surface area contributed by atoms with Gasteiger partial charge >= 0.3 is 6.01 Å². The van der Waals surface area contributed by atoms with Crippen LogP contribution in [0.15, 0.2) is 41.5 Å². The molecule has 1 heterocycles. The summed E-state index contributed by atoms with van der Waals surface area (Å²) in [4.78, 5) is 8.22. The number of ether oxygens (including phenoxy) is 1. The highest BCUT2D eigenvalue weighted by atomic mass is 79.9. The average molecular weight is 291 g/mol. The number of aryl methyl sites for hydroxylation is 1. The van der Waals surface area contributed by atoms with E-state index in [1.807, 2.05) is 31.2 Å². The van der Waals surface area contributed by atoms with Gasteiger partial charge in [0.05, 0.1) is 0 Å². The van der Waals surface area contributed by atoms with Gasteiger partial charge in [0.25, 0.3) is 0 Å². The van der Waals surface area contributed by atoms with Gasteiger partial charge in [0.15, 0.2) is 0 Å². The van der Waals surface area contributed by atoms with E-state index in [9.17, 15) is 0 Å². The average Bonchev–Trinajstić information content (AvgIpc) is 2.32. The molecule has 3 nitrogen and oxygen atoms in total. The van der Waals surface area contributed by atoms with Crippen LogP contribution in [0.3, 0.4) is 0 Å². The molecule has 0 aliphatic carbocycles. The standard InChI is InChI=1S/C13H11BrN2O/c1-3-10-8-11(4-5-12(10)14)17-13-15-7-6-9(2)16-13/h3-8H,1H2,2H3. The van der Waals surface area contributed by atoms with E-state index in [4.69, 9.17) is 4.74 Å². The molecule has 0 radical (unpaired) electrons. The Morgan fingerprint density at radius 2 is 2.18 bits per heavy atom. The van der Waals surface area contributed by atoms with Crippen molar-refractivity contribution in [2.24, 2.45) is 0 Å². The first-order valence-corrected chi connectivity index (χ1v) is 5.88. The van der Waals surface area contributed by atoms with Crippen LogP contribution in [-0.2, 0) is 0 Å². The topological polar surface area (TPSA) is 35.0 Å². The minimum atomic E-state index is 0.349. The minimum Gasteiger partial charge on any atom is -0.424 e. The molecular weight excluding hydrogens is 280 g/mol. The van der Waals surface area contributed by atoms with E-state index in [1.165, 1.54) is 0 Å². The van der Waals surface area contributed by atoms with E-state index in [2.05, 4.69) is 32.5 Å². The third-order valence-electron chi connectivity index (χ3n) is 2.17. The Morgan fingerprint density at radius 3 is 2.88 bits per heavy atom. The van der Waals surface area contributed by atoms with Crippen molar-refractivity contribution in [1.82, 2.24) is 9.97 Å². The molecule has 0 N–H and O–H groups in total. The zero-order chi connectivity index (χ0) is 12.3. The maximum absolute atomic E-state index is 5.57. The minimum absolute atomic E-state index is 0.349. The van der Waals surface area contributed by atoms with Gasteiger partial charge in [-0.2, -0.15) is 0 Å². The maximum atomic E-state index is 5.57. The van der Waals surface area contributed by atoms with Gasteiger partial charge in [-0.05, 0) is 36.8 Å². The molecule has 0 fully saturated rings. The fraction of sp³-hybridized carbons (Fsp3) is 0.0769. The predicted molar refractivity (Wildman–Crippen MR) is 71.1 cm³/mol. The van der Waals surface area contributed by atoms with Crippen molar-refractivity contribution < 1.29 is 4.74 Å². The van der Waals surface area contributed by atoms with Crippen LogP contribution in [-0.4, -0.2) is 9.97 Å². The van der Waals surface area contributed by atoms with E-state index in [-0.39, 0.29) is 0 Å². The first-order chi connectivity index (χ1) is 8.19. The summed E-state index contributed by atoms with van der Waals surface area (Å²) in [5, 5.41) is 0. The van der Waals surface area contributed by atoms with Crippen molar-refractivity contribution in [2.75, 3.05) is 0 Å². The summed E-state index contributed by atoms with van der Waals surface area (Å²) < 4.78 is 6.54. The van der Waals surface area contributed by atoms with Crippen LogP contribution >= 0.6 is 15.9 Å². The lowest BCUT2D eigenvalue weighted by Crippen LogP contribution is -1.93. The Morgan fingerprint density at radius 1 is 1.35 bits per heavy atom. The van der Waals surface area contributed by atoms with Gasteiger partial charge in [0, 0.05) is 16.4 Å². The highest BCUT2D eigenvalue weighted by molar-refractivity contribution is 9.10. The van der Waals surface area contributed by atoms with Crippen LogP contribution in [0.25, 0.3) is 6.08 Å². The van der Waals surface area contributed by atoms with Gasteiger partial charge in [-0.15, -0.1) is 0 Å². The summed E-state index contributed by atoms with van der Waals surface area (Å²) in [6.07, 6.45) is 3.43. The Balaban J connectivity index is 2.27. The molecule has 0 bridgehead atoms. The van der Waals surface area contributed by atoms with Crippen LogP contribution in [0.1, 0.15) is 11.3 Å². The lowest BCUT2D eigenvalue weighted by Gasteiger charge is -2.06. The van der Waals surface area contributed by atoms with Crippen LogP contribution in [0.2, 0.25) is 0 Å². The zero-order valence-corrected chi connectivity index (χ0v) is 10.9. The third-order valence-corrected chi connectivity index (χ3v) is 2.89. The molecule has 1 aromatic carbocycles. The molecule has 4 heteroatoms. The molecule has 86 valence electrons. The van der Waals surface area contributed by atoms with Gasteiger partial charge in [0.2, 0.25) is 0 Å². The van der Waals surface area contributed by atoms with E-state index in [0.717, 1.165) is 15.7 Å². The molecule has 1 aromatic heterocycles. The number of nitrogens with zero attached hydrogens (tertiary/aromatic N) is 2. The monoisotopic (exact) mass is 290 g/mol. The fourth-order valence-corrected chi connectivity index (χ4v) is 1.73. The van der Waals surface area contributed by atoms with Crippen molar-refractivity contribution in [3.8, 4) is 11.8 Å². The molecule has 0 aliphatic rings. The van der Waals surface area contributed by atoms with Gasteiger partial charge < -0.3 is 4.74 Å². The molecule has 0 unspecified atom stereocenters. The number of aromatic nitrogens is 2. The first-order valence-electron chi connectivity index (χ1n) is 5.08. The van der Waals surface area contributed by atoms with Crippen molar-refractivity contribution >= 4 is 22.0 Å². The molecule has 0 atom stereocenters. The van der Waals surface area contributed by atoms with Crippen LogP contribution in [0.5, 0.6) is 11.8 Å². The van der Waals surface area contributed by atoms with Crippen LogP contribution in [0, 0.1) is 6.92 Å². The quantitative estimate of drug-likeness (QED) is 0.857. The molecule has 17 heavy (non-hydrogen) atoms. The zero-order valence-electron chi connectivity index (χ0n) is 9.35. The largest absolute Gasteiger partial charge is 0.424 e. The SMILES string of the molecule is C=Cc1cc(Oc2nccc(C)n2)ccc1Br. The van der Waals surface area contributed by atoms with Gasteiger partial charge in [-0.3, -0.25) is 0 Å². The van der Waals surface area contributed by atoms with Crippen molar-refractivity contribution in [3.05, 3.63) is 52.8 Å². The van der Waals surface area contributed by atoms with Crippen LogP contribution < -0.4 is 4.74 Å². The second-order valence-corrected chi connectivity index (χ2v) is 4.32. The Bertz CT molecular complexity index is 555. The molecule has 0 amide bonds. The van der Waals surface area contributed by atoms with Crippen molar-refractivity contribution in [1.29, 1.82) is 0 Å². The summed E-state index contributed by atoms with van der Waals surface area (Å²) in [7, 11) is 0. The molecule has 2 aromatic rings. The highest BCUT2D eigenvalue weighted by Gasteiger charge is 2.03. The highest BCUT2D eigenvalue weighted by Crippen LogP contribution is 2.25. The summed E-state index contributed by atoms with van der Waals surface area (Å²) >= 11 is 3.43. The second-order valence-electron chi connectivity index (χ2n) is 3.47. The maximum Gasteiger partial charge on any atom is 0.322 e. The number of halogens is 1. The first kappa shape index (κ1) is 11.8. The number of hydrogen-bond acceptors (Lipinski definition) is 3. The predicted octanol–water partition coefficient (Wildman–Crippen LogP) is 3.98. The fourth-order valence-electron chi connectivity index (χ4n) is 1.32. The van der Waals surface area contributed by atoms with Crippen molar-refractivity contribution in [2.45, 2.75) is 6.92 Å². The second kappa shape index (κ2) is 5.10. The molecular formula is C13H11BrN2O. The Hall–Kier alpha value is -1.68.